The molecule has 3 atom stereocenters. The van der Waals surface area contributed by atoms with Crippen LogP contribution in [0.1, 0.15) is 13.3 Å². The molecular formula is C12H17ClN2O2. The highest BCUT2D eigenvalue weighted by molar-refractivity contribution is 6.33. The molecule has 5 heteroatoms. The van der Waals surface area contributed by atoms with Gasteiger partial charge in [0, 0.05) is 19.9 Å². The minimum Gasteiger partial charge on any atom is -0.377 e. The lowest BCUT2D eigenvalue weighted by Crippen LogP contribution is -2.56. The van der Waals surface area contributed by atoms with Crippen LogP contribution in [0.15, 0.2) is 18.5 Å². The lowest BCUT2D eigenvalue weighted by Gasteiger charge is -2.43. The van der Waals surface area contributed by atoms with Gasteiger partial charge in [0.2, 0.25) is 0 Å². The molecule has 4 nitrogen and oxygen atoms in total. The van der Waals surface area contributed by atoms with E-state index in [0.717, 1.165) is 12.1 Å². The Morgan fingerprint density at radius 1 is 1.59 bits per heavy atom. The van der Waals surface area contributed by atoms with E-state index < -0.39 is 0 Å². The van der Waals surface area contributed by atoms with E-state index in [1.165, 1.54) is 0 Å². The van der Waals surface area contributed by atoms with Crippen LogP contribution in [0.5, 0.6) is 0 Å². The molecule has 1 aromatic rings. The van der Waals surface area contributed by atoms with Crippen molar-refractivity contribution in [2.75, 3.05) is 19.0 Å². The molecule has 1 aliphatic rings. The van der Waals surface area contributed by atoms with Crippen molar-refractivity contribution in [2.24, 2.45) is 0 Å². The number of halogens is 1. The SMILES string of the molecule is CCOC1CC(Nc2cnccc2Cl)C1OC. The summed E-state index contributed by atoms with van der Waals surface area (Å²) < 4.78 is 11.0. The summed E-state index contributed by atoms with van der Waals surface area (Å²) >= 11 is 6.06. The molecule has 0 amide bonds. The lowest BCUT2D eigenvalue weighted by atomic mass is 9.85. The highest BCUT2D eigenvalue weighted by Gasteiger charge is 2.42. The Morgan fingerprint density at radius 3 is 3.06 bits per heavy atom. The fourth-order valence-corrected chi connectivity index (χ4v) is 2.26. The first-order chi connectivity index (χ1) is 8.26. The number of hydrogen-bond donors (Lipinski definition) is 1. The minimum atomic E-state index is 0.0752. The third kappa shape index (κ3) is 2.70. The van der Waals surface area contributed by atoms with Crippen molar-refractivity contribution < 1.29 is 9.47 Å². The molecule has 2 rings (SSSR count). The van der Waals surface area contributed by atoms with Crippen LogP contribution >= 0.6 is 11.6 Å². The quantitative estimate of drug-likeness (QED) is 0.878. The first-order valence-electron chi connectivity index (χ1n) is 5.76. The van der Waals surface area contributed by atoms with E-state index in [-0.39, 0.29) is 18.2 Å². The molecule has 0 spiro atoms. The Bertz CT molecular complexity index is 375. The van der Waals surface area contributed by atoms with Gasteiger partial charge in [0.1, 0.15) is 6.10 Å². The molecule has 1 aliphatic carbocycles. The fourth-order valence-electron chi connectivity index (χ4n) is 2.10. The first kappa shape index (κ1) is 12.6. The summed E-state index contributed by atoms with van der Waals surface area (Å²) in [7, 11) is 1.70. The molecule has 1 aromatic heterocycles. The van der Waals surface area contributed by atoms with Gasteiger partial charge in [-0.3, -0.25) is 4.98 Å². The maximum atomic E-state index is 6.06. The van der Waals surface area contributed by atoms with Crippen molar-refractivity contribution in [3.8, 4) is 0 Å². The van der Waals surface area contributed by atoms with E-state index in [0.29, 0.717) is 11.6 Å². The topological polar surface area (TPSA) is 43.4 Å². The summed E-state index contributed by atoms with van der Waals surface area (Å²) in [5, 5.41) is 4.01. The molecular weight excluding hydrogens is 240 g/mol. The van der Waals surface area contributed by atoms with Crippen LogP contribution in [-0.2, 0) is 9.47 Å². The minimum absolute atomic E-state index is 0.0752. The van der Waals surface area contributed by atoms with Crippen molar-refractivity contribution >= 4 is 17.3 Å². The van der Waals surface area contributed by atoms with Crippen LogP contribution in [0.3, 0.4) is 0 Å². The maximum Gasteiger partial charge on any atom is 0.103 e. The van der Waals surface area contributed by atoms with E-state index in [2.05, 4.69) is 10.3 Å². The zero-order valence-electron chi connectivity index (χ0n) is 10.0. The van der Waals surface area contributed by atoms with E-state index >= 15 is 0 Å². The van der Waals surface area contributed by atoms with Crippen LogP contribution in [0.4, 0.5) is 5.69 Å². The largest absolute Gasteiger partial charge is 0.377 e. The van der Waals surface area contributed by atoms with Crippen LogP contribution in [-0.4, -0.2) is 37.0 Å². The Balaban J connectivity index is 1.95. The number of aromatic nitrogens is 1. The Hall–Kier alpha value is -0.840. The standard InChI is InChI=1S/C12H17ClN2O2/c1-3-17-11-6-9(12(11)16-2)15-10-7-14-5-4-8(10)13/h4-5,7,9,11-12,15H,3,6H2,1-2H3. The van der Waals surface area contributed by atoms with Gasteiger partial charge in [0.05, 0.1) is 29.1 Å². The number of methoxy groups -OCH3 is 1. The van der Waals surface area contributed by atoms with Gasteiger partial charge in [-0.05, 0) is 19.4 Å². The number of nitrogens with zero attached hydrogens (tertiary/aromatic N) is 1. The third-order valence-corrected chi connectivity index (χ3v) is 3.34. The molecule has 0 aromatic carbocycles. The summed E-state index contributed by atoms with van der Waals surface area (Å²) in [5.41, 5.74) is 0.844. The van der Waals surface area contributed by atoms with E-state index in [4.69, 9.17) is 21.1 Å². The Kier molecular flexibility index (Phi) is 4.20. The monoisotopic (exact) mass is 256 g/mol. The summed E-state index contributed by atoms with van der Waals surface area (Å²) in [4.78, 5) is 4.04. The van der Waals surface area contributed by atoms with Gasteiger partial charge >= 0.3 is 0 Å². The van der Waals surface area contributed by atoms with Gasteiger partial charge in [-0.2, -0.15) is 0 Å². The van der Waals surface area contributed by atoms with E-state index in [9.17, 15) is 0 Å². The molecule has 0 bridgehead atoms. The second kappa shape index (κ2) is 5.67. The van der Waals surface area contributed by atoms with Crippen molar-refractivity contribution in [1.29, 1.82) is 0 Å². The highest BCUT2D eigenvalue weighted by Crippen LogP contribution is 2.31. The van der Waals surface area contributed by atoms with Crippen molar-refractivity contribution in [3.05, 3.63) is 23.5 Å². The fraction of sp³-hybridized carbons (Fsp3) is 0.583. The van der Waals surface area contributed by atoms with Gasteiger partial charge in [-0.25, -0.2) is 0 Å². The van der Waals surface area contributed by atoms with Crippen molar-refractivity contribution in [2.45, 2.75) is 31.6 Å². The highest BCUT2D eigenvalue weighted by atomic mass is 35.5. The Labute approximate surface area is 106 Å². The molecule has 17 heavy (non-hydrogen) atoms. The number of rotatable bonds is 5. The molecule has 1 N–H and O–H groups in total. The number of hydrogen-bond acceptors (Lipinski definition) is 4. The summed E-state index contributed by atoms with van der Waals surface area (Å²) in [6.45, 7) is 2.70. The molecule has 0 saturated heterocycles. The van der Waals surface area contributed by atoms with E-state index in [1.54, 1.807) is 25.6 Å². The second-order valence-corrected chi connectivity index (χ2v) is 4.44. The zero-order chi connectivity index (χ0) is 12.3. The zero-order valence-corrected chi connectivity index (χ0v) is 10.8. The second-order valence-electron chi connectivity index (χ2n) is 4.04. The van der Waals surface area contributed by atoms with Crippen LogP contribution in [0.25, 0.3) is 0 Å². The predicted octanol–water partition coefficient (Wildman–Crippen LogP) is 2.34. The normalized spacial score (nSPS) is 27.6. The number of pyridine rings is 1. The summed E-state index contributed by atoms with van der Waals surface area (Å²) in [5.74, 6) is 0. The molecule has 1 saturated carbocycles. The average Bonchev–Trinajstić information content (AvgIpc) is 2.30. The van der Waals surface area contributed by atoms with Crippen LogP contribution < -0.4 is 5.32 Å². The van der Waals surface area contributed by atoms with Gasteiger partial charge in [0.25, 0.3) is 0 Å². The number of ether oxygens (including phenoxy) is 2. The van der Waals surface area contributed by atoms with Crippen LogP contribution in [0.2, 0.25) is 5.02 Å². The van der Waals surface area contributed by atoms with Gasteiger partial charge in [-0.1, -0.05) is 11.6 Å². The average molecular weight is 257 g/mol. The first-order valence-corrected chi connectivity index (χ1v) is 6.14. The maximum absolute atomic E-state index is 6.06. The predicted molar refractivity (Wildman–Crippen MR) is 67.5 cm³/mol. The van der Waals surface area contributed by atoms with Gasteiger partial charge < -0.3 is 14.8 Å². The van der Waals surface area contributed by atoms with Crippen LogP contribution in [0, 0.1) is 0 Å². The third-order valence-electron chi connectivity index (χ3n) is 3.01. The molecule has 94 valence electrons. The van der Waals surface area contributed by atoms with Gasteiger partial charge in [0.15, 0.2) is 0 Å². The molecule has 1 heterocycles. The van der Waals surface area contributed by atoms with Crippen molar-refractivity contribution in [1.82, 2.24) is 4.98 Å². The number of anilines is 1. The molecule has 3 unspecified atom stereocenters. The number of nitrogens with one attached hydrogen (secondary N) is 1. The van der Waals surface area contributed by atoms with Gasteiger partial charge in [-0.15, -0.1) is 0 Å². The molecule has 0 aliphatic heterocycles. The summed E-state index contributed by atoms with van der Waals surface area (Å²) in [6.07, 6.45) is 4.58. The molecule has 1 fully saturated rings. The van der Waals surface area contributed by atoms with Crippen molar-refractivity contribution in [3.63, 3.8) is 0 Å². The lowest BCUT2D eigenvalue weighted by molar-refractivity contribution is -0.118. The Morgan fingerprint density at radius 2 is 2.41 bits per heavy atom. The van der Waals surface area contributed by atoms with E-state index in [1.807, 2.05) is 6.92 Å². The summed E-state index contributed by atoms with van der Waals surface area (Å²) in [6, 6.07) is 2.00. The smallest absolute Gasteiger partial charge is 0.103 e. The molecule has 0 radical (unpaired) electrons.